The fourth-order valence-corrected chi connectivity index (χ4v) is 2.88. The molecule has 144 valence electrons. The van der Waals surface area contributed by atoms with Gasteiger partial charge in [0.05, 0.1) is 12.8 Å². The van der Waals surface area contributed by atoms with Gasteiger partial charge in [-0.3, -0.25) is 9.59 Å². The molecule has 5 nitrogen and oxygen atoms in total. The molecule has 1 N–H and O–H groups in total. The number of methoxy groups -OCH3 is 1. The zero-order chi connectivity index (χ0) is 20.0. The molecule has 2 amide bonds. The lowest BCUT2D eigenvalue weighted by molar-refractivity contribution is -0.117. The molecule has 2 rings (SSSR count). The number of anilines is 2. The molecule has 0 aliphatic heterocycles. The first-order chi connectivity index (χ1) is 12.8. The Morgan fingerprint density at radius 2 is 1.85 bits per heavy atom. The Morgan fingerprint density at radius 3 is 2.41 bits per heavy atom. The summed E-state index contributed by atoms with van der Waals surface area (Å²) in [7, 11) is 1.52. The van der Waals surface area contributed by atoms with Crippen molar-refractivity contribution >= 4 is 34.8 Å². The Morgan fingerprint density at radius 1 is 1.19 bits per heavy atom. The summed E-state index contributed by atoms with van der Waals surface area (Å²) in [5.41, 5.74) is 3.39. The van der Waals surface area contributed by atoms with Gasteiger partial charge in [-0.25, -0.2) is 0 Å². The van der Waals surface area contributed by atoms with Gasteiger partial charge in [-0.15, -0.1) is 0 Å². The molecular weight excluding hydrogens is 364 g/mol. The number of rotatable bonds is 7. The van der Waals surface area contributed by atoms with Crippen molar-refractivity contribution in [3.63, 3.8) is 0 Å². The lowest BCUT2D eigenvalue weighted by Crippen LogP contribution is -2.32. The van der Waals surface area contributed by atoms with Crippen LogP contribution < -0.4 is 15.0 Å². The Balaban J connectivity index is 2.09. The van der Waals surface area contributed by atoms with Crippen LogP contribution in [0.3, 0.4) is 0 Å². The maximum Gasteiger partial charge on any atom is 0.226 e. The van der Waals surface area contributed by atoms with Crippen LogP contribution in [0.2, 0.25) is 5.02 Å². The minimum atomic E-state index is -0.171. The van der Waals surface area contributed by atoms with Crippen LogP contribution in [0.1, 0.15) is 31.4 Å². The van der Waals surface area contributed by atoms with Crippen molar-refractivity contribution in [1.82, 2.24) is 0 Å². The highest BCUT2D eigenvalue weighted by Crippen LogP contribution is 2.34. The third kappa shape index (κ3) is 5.47. The lowest BCUT2D eigenvalue weighted by atomic mass is 10.1. The first-order valence-electron chi connectivity index (χ1n) is 8.86. The zero-order valence-corrected chi connectivity index (χ0v) is 16.9. The van der Waals surface area contributed by atoms with Gasteiger partial charge in [0.25, 0.3) is 0 Å². The van der Waals surface area contributed by atoms with E-state index in [1.807, 2.05) is 31.2 Å². The number of carbonyl (C=O) groups is 2. The van der Waals surface area contributed by atoms with E-state index in [9.17, 15) is 9.59 Å². The van der Waals surface area contributed by atoms with E-state index in [0.29, 0.717) is 16.5 Å². The second-order valence-electron chi connectivity index (χ2n) is 6.29. The van der Waals surface area contributed by atoms with Gasteiger partial charge in [0, 0.05) is 36.7 Å². The minimum Gasteiger partial charge on any atom is -0.495 e. The normalized spacial score (nSPS) is 10.4. The summed E-state index contributed by atoms with van der Waals surface area (Å²) in [6, 6.07) is 11.2. The fourth-order valence-electron chi connectivity index (χ4n) is 2.73. The van der Waals surface area contributed by atoms with E-state index in [4.69, 9.17) is 16.3 Å². The Hall–Kier alpha value is -2.53. The molecule has 6 heteroatoms. The molecule has 2 aromatic carbocycles. The molecule has 0 atom stereocenters. The average Bonchev–Trinajstić information content (AvgIpc) is 2.64. The highest BCUT2D eigenvalue weighted by Gasteiger charge is 2.19. The Bertz CT molecular complexity index is 819. The van der Waals surface area contributed by atoms with Crippen molar-refractivity contribution in [3.8, 4) is 5.75 Å². The number of hydrogen-bond acceptors (Lipinski definition) is 3. The molecule has 0 saturated heterocycles. The van der Waals surface area contributed by atoms with Crippen molar-refractivity contribution in [2.45, 2.75) is 33.6 Å². The first-order valence-corrected chi connectivity index (χ1v) is 9.24. The van der Waals surface area contributed by atoms with E-state index in [-0.39, 0.29) is 24.8 Å². The summed E-state index contributed by atoms with van der Waals surface area (Å²) in [6.07, 6.45) is 1.12. The average molecular weight is 389 g/mol. The predicted octanol–water partition coefficient (Wildman–Crippen LogP) is 4.60. The fraction of sp³-hybridized carbons (Fsp3) is 0.333. The maximum absolute atomic E-state index is 12.3. The summed E-state index contributed by atoms with van der Waals surface area (Å²) in [5.74, 6) is 0.168. The molecule has 27 heavy (non-hydrogen) atoms. The third-order valence-electron chi connectivity index (χ3n) is 4.34. The number of ether oxygens (including phenoxy) is 1. The van der Waals surface area contributed by atoms with E-state index in [1.54, 1.807) is 12.1 Å². The smallest absolute Gasteiger partial charge is 0.226 e. The number of amides is 2. The molecule has 0 bridgehead atoms. The summed E-state index contributed by atoms with van der Waals surface area (Å²) >= 11 is 6.14. The number of hydrogen-bond donors (Lipinski definition) is 1. The van der Waals surface area contributed by atoms with E-state index in [2.05, 4.69) is 12.2 Å². The van der Waals surface area contributed by atoms with Crippen molar-refractivity contribution in [2.75, 3.05) is 23.9 Å². The van der Waals surface area contributed by atoms with E-state index >= 15 is 0 Å². The second-order valence-corrected chi connectivity index (χ2v) is 6.70. The molecule has 0 aliphatic rings. The number of nitrogens with one attached hydrogen (secondary N) is 1. The minimum absolute atomic E-state index is 0.157. The number of benzene rings is 2. The van der Waals surface area contributed by atoms with Crippen LogP contribution in [0.4, 0.5) is 11.4 Å². The number of nitrogens with zero attached hydrogens (tertiary/aromatic N) is 1. The van der Waals surface area contributed by atoms with Crippen LogP contribution >= 0.6 is 11.6 Å². The standard InChI is InChI=1S/C21H25ClN2O3/c1-5-16-6-8-17(9-7-16)23-21(26)10-11-24(15(3)25)19-12-14(2)18(22)13-20(19)27-4/h6-9,12-13H,5,10-11H2,1-4H3,(H,23,26). The SMILES string of the molecule is CCc1ccc(NC(=O)CCN(C(C)=O)c2cc(C)c(Cl)cc2OC)cc1. The van der Waals surface area contributed by atoms with Crippen LogP contribution in [0.25, 0.3) is 0 Å². The highest BCUT2D eigenvalue weighted by molar-refractivity contribution is 6.31. The summed E-state index contributed by atoms with van der Waals surface area (Å²) < 4.78 is 5.36. The van der Waals surface area contributed by atoms with Crippen molar-refractivity contribution < 1.29 is 14.3 Å². The topological polar surface area (TPSA) is 58.6 Å². The second kappa shape index (κ2) is 9.42. The van der Waals surface area contributed by atoms with Crippen molar-refractivity contribution in [2.24, 2.45) is 0 Å². The summed E-state index contributed by atoms with van der Waals surface area (Å²) in [6.45, 7) is 5.64. The van der Waals surface area contributed by atoms with Crippen LogP contribution in [0.15, 0.2) is 36.4 Å². The third-order valence-corrected chi connectivity index (χ3v) is 4.75. The van der Waals surface area contributed by atoms with Crippen molar-refractivity contribution in [3.05, 3.63) is 52.5 Å². The number of carbonyl (C=O) groups excluding carboxylic acids is 2. The van der Waals surface area contributed by atoms with Gasteiger partial charge < -0.3 is 15.0 Å². The molecule has 0 aliphatic carbocycles. The zero-order valence-electron chi connectivity index (χ0n) is 16.1. The molecular formula is C21H25ClN2O3. The lowest BCUT2D eigenvalue weighted by Gasteiger charge is -2.24. The largest absolute Gasteiger partial charge is 0.495 e. The van der Waals surface area contributed by atoms with Crippen LogP contribution in [-0.2, 0) is 16.0 Å². The molecule has 0 heterocycles. The predicted molar refractivity (Wildman–Crippen MR) is 110 cm³/mol. The van der Waals surface area contributed by atoms with Crippen LogP contribution in [-0.4, -0.2) is 25.5 Å². The molecule has 0 saturated carbocycles. The molecule has 0 radical (unpaired) electrons. The van der Waals surface area contributed by atoms with Gasteiger partial charge >= 0.3 is 0 Å². The maximum atomic E-state index is 12.3. The van der Waals surface area contributed by atoms with Crippen molar-refractivity contribution in [1.29, 1.82) is 0 Å². The van der Waals surface area contributed by atoms with Gasteiger partial charge in [0.15, 0.2) is 0 Å². The quantitative estimate of drug-likeness (QED) is 0.754. The summed E-state index contributed by atoms with van der Waals surface area (Å²) in [4.78, 5) is 26.0. The van der Waals surface area contributed by atoms with Gasteiger partial charge in [0.2, 0.25) is 11.8 Å². The monoisotopic (exact) mass is 388 g/mol. The molecule has 0 unspecified atom stereocenters. The molecule has 2 aromatic rings. The first kappa shape index (κ1) is 20.8. The van der Waals surface area contributed by atoms with E-state index in [0.717, 1.165) is 17.7 Å². The number of aryl methyl sites for hydroxylation is 2. The van der Waals surface area contributed by atoms with Crippen LogP contribution in [0.5, 0.6) is 5.75 Å². The Labute approximate surface area is 165 Å². The molecule has 0 fully saturated rings. The molecule has 0 aromatic heterocycles. The Kier molecular flexibility index (Phi) is 7.25. The van der Waals surface area contributed by atoms with E-state index < -0.39 is 0 Å². The molecule has 0 spiro atoms. The van der Waals surface area contributed by atoms with Gasteiger partial charge in [0.1, 0.15) is 5.75 Å². The summed E-state index contributed by atoms with van der Waals surface area (Å²) in [5, 5.41) is 3.42. The van der Waals surface area contributed by atoms with E-state index in [1.165, 1.54) is 24.5 Å². The van der Waals surface area contributed by atoms with Gasteiger partial charge in [-0.1, -0.05) is 30.7 Å². The van der Waals surface area contributed by atoms with Gasteiger partial charge in [-0.05, 0) is 42.7 Å². The van der Waals surface area contributed by atoms with Crippen LogP contribution in [0, 0.1) is 6.92 Å². The highest BCUT2D eigenvalue weighted by atomic mass is 35.5. The van der Waals surface area contributed by atoms with Gasteiger partial charge in [-0.2, -0.15) is 0 Å². The number of halogens is 1.